The van der Waals surface area contributed by atoms with Crippen LogP contribution in [0.5, 0.6) is 0 Å². The van der Waals surface area contributed by atoms with Gasteiger partial charge in [-0.3, -0.25) is 9.78 Å². The van der Waals surface area contributed by atoms with Crippen LogP contribution in [0.3, 0.4) is 0 Å². The molecule has 0 aliphatic heterocycles. The minimum Gasteiger partial charge on any atom is -0.409 e. The van der Waals surface area contributed by atoms with E-state index in [1.807, 2.05) is 32.9 Å². The van der Waals surface area contributed by atoms with Crippen LogP contribution in [0.15, 0.2) is 29.7 Å². The molecule has 6 heteroatoms. The van der Waals surface area contributed by atoms with Crippen LogP contribution in [-0.2, 0) is 11.3 Å². The van der Waals surface area contributed by atoms with Gasteiger partial charge >= 0.3 is 0 Å². The van der Waals surface area contributed by atoms with E-state index in [-0.39, 0.29) is 17.7 Å². The van der Waals surface area contributed by atoms with Crippen molar-refractivity contribution in [2.75, 3.05) is 6.54 Å². The number of rotatable bonds is 6. The second kappa shape index (κ2) is 7.47. The molecule has 110 valence electrons. The Kier molecular flexibility index (Phi) is 5.96. The number of hydrogen-bond donors (Lipinski definition) is 2. The Balaban J connectivity index is 2.90. The topological polar surface area (TPSA) is 91.8 Å². The minimum atomic E-state index is -0.609. The Labute approximate surface area is 119 Å². The summed E-state index contributed by atoms with van der Waals surface area (Å²) in [5, 5.41) is 11.8. The van der Waals surface area contributed by atoms with Crippen molar-refractivity contribution in [2.45, 2.75) is 27.3 Å². The molecule has 6 nitrogen and oxygen atoms in total. The van der Waals surface area contributed by atoms with Gasteiger partial charge in [-0.2, -0.15) is 0 Å². The van der Waals surface area contributed by atoms with Crippen LogP contribution in [-0.4, -0.2) is 33.4 Å². The summed E-state index contributed by atoms with van der Waals surface area (Å²) < 4.78 is 0. The van der Waals surface area contributed by atoms with Gasteiger partial charge in [-0.05, 0) is 30.5 Å². The van der Waals surface area contributed by atoms with E-state index < -0.39 is 5.92 Å². The lowest BCUT2D eigenvalue weighted by Gasteiger charge is -2.27. The van der Waals surface area contributed by atoms with Gasteiger partial charge in [0.15, 0.2) is 5.84 Å². The van der Waals surface area contributed by atoms with Crippen LogP contribution in [0.25, 0.3) is 0 Å². The maximum absolute atomic E-state index is 12.6. The van der Waals surface area contributed by atoms with Crippen molar-refractivity contribution >= 4 is 11.7 Å². The third-order valence-corrected chi connectivity index (χ3v) is 3.18. The van der Waals surface area contributed by atoms with E-state index >= 15 is 0 Å². The molecule has 0 fully saturated rings. The zero-order chi connectivity index (χ0) is 15.1. The highest BCUT2D eigenvalue weighted by molar-refractivity contribution is 6.02. The number of carbonyl (C=O) groups is 1. The van der Waals surface area contributed by atoms with Gasteiger partial charge in [0.25, 0.3) is 0 Å². The number of carbonyl (C=O) groups excluding carboxylic acids is 1. The van der Waals surface area contributed by atoms with Crippen LogP contribution in [0, 0.1) is 11.8 Å². The third kappa shape index (κ3) is 3.94. The molecule has 0 aliphatic carbocycles. The molecule has 0 aliphatic rings. The van der Waals surface area contributed by atoms with Gasteiger partial charge in [0.2, 0.25) is 5.91 Å². The summed E-state index contributed by atoms with van der Waals surface area (Å²) in [4.78, 5) is 18.2. The van der Waals surface area contributed by atoms with E-state index in [1.54, 1.807) is 17.3 Å². The average Bonchev–Trinajstić information content (AvgIpc) is 2.45. The molecule has 1 atom stereocenters. The standard InChI is InChI=1S/C14H22N4O2/c1-4-18(9-11-5-7-16-8-6-11)14(19)12(10(2)3)13(15)17-20/h5-8,10,12,20H,4,9H2,1-3H3,(H2,15,17). The highest BCUT2D eigenvalue weighted by atomic mass is 16.4. The molecule has 0 spiro atoms. The molecule has 1 rings (SSSR count). The van der Waals surface area contributed by atoms with Gasteiger partial charge in [-0.25, -0.2) is 0 Å². The van der Waals surface area contributed by atoms with Crippen LogP contribution < -0.4 is 5.73 Å². The van der Waals surface area contributed by atoms with Crippen molar-refractivity contribution in [3.8, 4) is 0 Å². The first-order valence-corrected chi connectivity index (χ1v) is 6.66. The van der Waals surface area contributed by atoms with Crippen molar-refractivity contribution in [3.05, 3.63) is 30.1 Å². The molecule has 1 aromatic rings. The molecule has 0 saturated heterocycles. The van der Waals surface area contributed by atoms with Gasteiger partial charge < -0.3 is 15.8 Å². The van der Waals surface area contributed by atoms with Crippen LogP contribution in [0.1, 0.15) is 26.3 Å². The quantitative estimate of drug-likeness (QED) is 0.356. The molecule has 0 saturated carbocycles. The summed E-state index contributed by atoms with van der Waals surface area (Å²) in [5.74, 6) is -0.820. The maximum atomic E-state index is 12.6. The van der Waals surface area contributed by atoms with E-state index in [2.05, 4.69) is 10.1 Å². The Morgan fingerprint density at radius 1 is 1.45 bits per heavy atom. The van der Waals surface area contributed by atoms with Crippen molar-refractivity contribution in [2.24, 2.45) is 22.7 Å². The fraction of sp³-hybridized carbons (Fsp3) is 0.500. The zero-order valence-corrected chi connectivity index (χ0v) is 12.2. The molecule has 3 N–H and O–H groups in total. The molecule has 0 aromatic carbocycles. The molecular formula is C14H22N4O2. The summed E-state index contributed by atoms with van der Waals surface area (Å²) in [7, 11) is 0. The normalized spacial score (nSPS) is 13.3. The van der Waals surface area contributed by atoms with Gasteiger partial charge in [0.1, 0.15) is 5.92 Å². The number of amidine groups is 1. The lowest BCUT2D eigenvalue weighted by Crippen LogP contribution is -2.44. The molecule has 1 aromatic heterocycles. The highest BCUT2D eigenvalue weighted by Gasteiger charge is 2.30. The molecule has 1 heterocycles. The average molecular weight is 278 g/mol. The first-order valence-electron chi connectivity index (χ1n) is 6.66. The van der Waals surface area contributed by atoms with Crippen molar-refractivity contribution in [3.63, 3.8) is 0 Å². The molecule has 1 unspecified atom stereocenters. The van der Waals surface area contributed by atoms with Gasteiger partial charge in [-0.15, -0.1) is 0 Å². The van der Waals surface area contributed by atoms with E-state index in [1.165, 1.54) is 0 Å². The van der Waals surface area contributed by atoms with E-state index in [0.29, 0.717) is 13.1 Å². The van der Waals surface area contributed by atoms with Crippen LogP contribution in [0.2, 0.25) is 0 Å². The van der Waals surface area contributed by atoms with Crippen molar-refractivity contribution in [1.82, 2.24) is 9.88 Å². The summed E-state index contributed by atoms with van der Waals surface area (Å²) in [6.07, 6.45) is 3.38. The first-order chi connectivity index (χ1) is 9.51. The van der Waals surface area contributed by atoms with E-state index in [9.17, 15) is 4.79 Å². The molecule has 0 bridgehead atoms. The Bertz CT molecular complexity index is 460. The fourth-order valence-corrected chi connectivity index (χ4v) is 2.07. The minimum absolute atomic E-state index is 0.0371. The second-order valence-corrected chi connectivity index (χ2v) is 4.95. The number of nitrogens with zero attached hydrogens (tertiary/aromatic N) is 3. The Morgan fingerprint density at radius 3 is 2.50 bits per heavy atom. The monoisotopic (exact) mass is 278 g/mol. The summed E-state index contributed by atoms with van der Waals surface area (Å²) in [6, 6.07) is 3.73. The lowest BCUT2D eigenvalue weighted by atomic mass is 9.93. The summed E-state index contributed by atoms with van der Waals surface area (Å²) >= 11 is 0. The smallest absolute Gasteiger partial charge is 0.233 e. The number of pyridine rings is 1. The maximum Gasteiger partial charge on any atom is 0.233 e. The van der Waals surface area contributed by atoms with Crippen LogP contribution >= 0.6 is 0 Å². The van der Waals surface area contributed by atoms with E-state index in [0.717, 1.165) is 5.56 Å². The Morgan fingerprint density at radius 2 is 2.05 bits per heavy atom. The number of aromatic nitrogens is 1. The highest BCUT2D eigenvalue weighted by Crippen LogP contribution is 2.16. The van der Waals surface area contributed by atoms with Crippen molar-refractivity contribution < 1.29 is 10.0 Å². The fourth-order valence-electron chi connectivity index (χ4n) is 2.07. The van der Waals surface area contributed by atoms with Crippen LogP contribution in [0.4, 0.5) is 0 Å². The van der Waals surface area contributed by atoms with Crippen molar-refractivity contribution in [1.29, 1.82) is 0 Å². The number of nitrogens with two attached hydrogens (primary N) is 1. The van der Waals surface area contributed by atoms with Gasteiger partial charge in [-0.1, -0.05) is 19.0 Å². The first kappa shape index (κ1) is 15.9. The van der Waals surface area contributed by atoms with E-state index in [4.69, 9.17) is 10.9 Å². The van der Waals surface area contributed by atoms with Gasteiger partial charge in [0.05, 0.1) is 0 Å². The predicted octanol–water partition coefficient (Wildman–Crippen LogP) is 1.45. The molecular weight excluding hydrogens is 256 g/mol. The predicted molar refractivity (Wildman–Crippen MR) is 77.1 cm³/mol. The third-order valence-electron chi connectivity index (χ3n) is 3.18. The van der Waals surface area contributed by atoms with Gasteiger partial charge in [0, 0.05) is 25.5 Å². The lowest BCUT2D eigenvalue weighted by molar-refractivity contribution is -0.135. The zero-order valence-electron chi connectivity index (χ0n) is 12.2. The number of hydrogen-bond acceptors (Lipinski definition) is 4. The summed E-state index contributed by atoms with van der Waals surface area (Å²) in [5.41, 5.74) is 6.64. The largest absolute Gasteiger partial charge is 0.409 e. The molecule has 20 heavy (non-hydrogen) atoms. The number of amides is 1. The molecule has 0 radical (unpaired) electrons. The SMILES string of the molecule is CCN(Cc1ccncc1)C(=O)C(C(N)=NO)C(C)C. The Hall–Kier alpha value is -2.11. The summed E-state index contributed by atoms with van der Waals surface area (Å²) in [6.45, 7) is 6.70. The number of oxime groups is 1. The molecule has 1 amide bonds. The second-order valence-electron chi connectivity index (χ2n) is 4.95.